The third-order valence-corrected chi connectivity index (χ3v) is 6.26. The van der Waals surface area contributed by atoms with Gasteiger partial charge in [-0.1, -0.05) is 29.8 Å². The van der Waals surface area contributed by atoms with E-state index in [2.05, 4.69) is 10.4 Å². The first kappa shape index (κ1) is 32.7. The van der Waals surface area contributed by atoms with Crippen molar-refractivity contribution in [3.8, 4) is 11.4 Å². The van der Waals surface area contributed by atoms with E-state index >= 15 is 0 Å². The highest BCUT2D eigenvalue weighted by Crippen LogP contribution is 2.32. The van der Waals surface area contributed by atoms with Crippen LogP contribution in [-0.4, -0.2) is 56.8 Å². The van der Waals surface area contributed by atoms with Gasteiger partial charge in [-0.3, -0.25) is 9.36 Å². The largest absolute Gasteiger partial charge is 0.450 e. The topological polar surface area (TPSA) is 115 Å². The minimum atomic E-state index is -5.06. The highest BCUT2D eigenvalue weighted by Gasteiger charge is 2.39. The lowest BCUT2D eigenvalue weighted by atomic mass is 9.92. The Morgan fingerprint density at radius 2 is 1.76 bits per heavy atom. The van der Waals surface area contributed by atoms with E-state index in [4.69, 9.17) is 16.3 Å². The first-order chi connectivity index (χ1) is 19.6. The molecule has 0 spiro atoms. The smallest absolute Gasteiger partial charge is 0.416 e. The number of aliphatic hydroxyl groups excluding tert-OH is 1. The molecule has 2 N–H and O–H groups in total. The second kappa shape index (κ2) is 13.4. The van der Waals surface area contributed by atoms with Crippen molar-refractivity contribution in [1.82, 2.24) is 19.7 Å². The second-order valence-electron chi connectivity index (χ2n) is 9.10. The van der Waals surface area contributed by atoms with Crippen molar-refractivity contribution in [2.45, 2.75) is 50.8 Å². The predicted octanol–water partition coefficient (Wildman–Crippen LogP) is 4.80. The van der Waals surface area contributed by atoms with Gasteiger partial charge in [0.2, 0.25) is 0 Å². The lowest BCUT2D eigenvalue weighted by Gasteiger charge is -2.19. The number of aliphatic hydroxyl groups is 1. The van der Waals surface area contributed by atoms with Gasteiger partial charge < -0.3 is 15.2 Å². The maximum absolute atomic E-state index is 13.3. The van der Waals surface area contributed by atoms with Crippen molar-refractivity contribution >= 4 is 23.5 Å². The molecule has 0 aliphatic rings. The predicted molar refractivity (Wildman–Crippen MR) is 138 cm³/mol. The summed E-state index contributed by atoms with van der Waals surface area (Å²) in [4.78, 5) is 37.9. The van der Waals surface area contributed by atoms with Gasteiger partial charge in [-0.2, -0.15) is 26.3 Å². The van der Waals surface area contributed by atoms with Gasteiger partial charge in [-0.05, 0) is 42.8 Å². The average molecular weight is 623 g/mol. The molecule has 0 bridgehead atoms. The molecule has 3 aromatic rings. The summed E-state index contributed by atoms with van der Waals surface area (Å²) < 4.78 is 85.1. The molecule has 0 aliphatic heterocycles. The molecule has 3 rings (SSSR count). The van der Waals surface area contributed by atoms with Gasteiger partial charge in [0.25, 0.3) is 0 Å². The number of carbonyl (C=O) groups is 2. The summed E-state index contributed by atoms with van der Waals surface area (Å²) >= 11 is 5.86. The number of nitrogens with one attached hydrogen (secondary N) is 1. The monoisotopic (exact) mass is 622 g/mol. The summed E-state index contributed by atoms with van der Waals surface area (Å²) in [6.45, 7) is -0.725. The van der Waals surface area contributed by atoms with Gasteiger partial charge >= 0.3 is 24.1 Å². The fraction of sp³-hybridized carbons (Fsp3) is 0.385. The normalized spacial score (nSPS) is 13.5. The number of aromatic nitrogens is 3. The van der Waals surface area contributed by atoms with Crippen LogP contribution in [0, 0.1) is 0 Å². The summed E-state index contributed by atoms with van der Waals surface area (Å²) in [7, 11) is 0. The first-order valence-electron chi connectivity index (χ1n) is 12.4. The zero-order valence-corrected chi connectivity index (χ0v) is 22.6. The number of Topliss-reactive ketones (excluding diaryl/α,β-unsaturated/α-hetero) is 1. The molecular weight excluding hydrogens is 598 g/mol. The summed E-state index contributed by atoms with van der Waals surface area (Å²) in [6, 6.07) is 9.66. The van der Waals surface area contributed by atoms with Crippen LogP contribution in [0.1, 0.15) is 30.4 Å². The molecule has 2 aromatic carbocycles. The molecule has 1 heterocycles. The van der Waals surface area contributed by atoms with E-state index in [1.54, 1.807) is 0 Å². The quantitative estimate of drug-likeness (QED) is 0.297. The summed E-state index contributed by atoms with van der Waals surface area (Å²) in [5.74, 6) is -2.01. The third kappa shape index (κ3) is 8.58. The van der Waals surface area contributed by atoms with Crippen molar-refractivity contribution < 1.29 is 45.8 Å². The molecule has 0 radical (unpaired) electrons. The highest BCUT2D eigenvalue weighted by molar-refractivity contribution is 6.30. The molecule has 0 aliphatic carbocycles. The van der Waals surface area contributed by atoms with Crippen LogP contribution < -0.4 is 11.0 Å². The molecule has 0 fully saturated rings. The molecular formula is C26H25ClF6N4O5. The lowest BCUT2D eigenvalue weighted by molar-refractivity contribution is -0.207. The Labute approximate surface area is 239 Å². The number of carbonyl (C=O) groups excluding carboxylic acids is 2. The first-order valence-corrected chi connectivity index (χ1v) is 12.8. The number of amides is 1. The highest BCUT2D eigenvalue weighted by atomic mass is 35.5. The molecule has 1 unspecified atom stereocenters. The molecule has 228 valence electrons. The molecule has 0 saturated carbocycles. The van der Waals surface area contributed by atoms with Crippen molar-refractivity contribution in [3.05, 3.63) is 75.2 Å². The van der Waals surface area contributed by atoms with Crippen molar-refractivity contribution in [2.24, 2.45) is 0 Å². The van der Waals surface area contributed by atoms with Crippen LogP contribution >= 0.6 is 11.6 Å². The van der Waals surface area contributed by atoms with E-state index in [9.17, 15) is 45.8 Å². The number of hydrogen-bond acceptors (Lipinski definition) is 6. The van der Waals surface area contributed by atoms with Crippen LogP contribution in [0.4, 0.5) is 31.1 Å². The second-order valence-corrected chi connectivity index (χ2v) is 9.54. The van der Waals surface area contributed by atoms with Gasteiger partial charge in [-0.15, -0.1) is 5.10 Å². The van der Waals surface area contributed by atoms with Crippen molar-refractivity contribution in [1.29, 1.82) is 0 Å². The van der Waals surface area contributed by atoms with E-state index < -0.39 is 67.0 Å². The Bertz CT molecular complexity index is 1450. The summed E-state index contributed by atoms with van der Waals surface area (Å²) in [6.07, 6.45) is -14.0. The van der Waals surface area contributed by atoms with Gasteiger partial charge in [0.1, 0.15) is 6.54 Å². The third-order valence-electron chi connectivity index (χ3n) is 6.01. The van der Waals surface area contributed by atoms with Crippen LogP contribution in [0.15, 0.2) is 53.3 Å². The summed E-state index contributed by atoms with van der Waals surface area (Å²) in [5.41, 5.74) is -1.91. The molecule has 2 atom stereocenters. The molecule has 16 heteroatoms. The number of alkyl carbamates (subject to hydrolysis) is 1. The maximum Gasteiger partial charge on any atom is 0.416 e. The van der Waals surface area contributed by atoms with E-state index in [0.29, 0.717) is 9.25 Å². The number of hydrogen-bond donors (Lipinski definition) is 2. The standard InChI is InChI=1S/C26H25ClF6N4O5/c1-2-42-23(40)34-12-17(16-4-3-5-18(10-16)25(28,29)30)11-20(38)13-37-24(41)36(14-21(39)26(31,32)33)22(35-37)15-6-8-19(27)9-7-15/h3-10,17,21,39H,2,11-14H2,1H3,(H,34,40)/t17?,21-/m0/s1. The molecule has 9 nitrogen and oxygen atoms in total. The van der Waals surface area contributed by atoms with E-state index in [1.807, 2.05) is 0 Å². The fourth-order valence-electron chi connectivity index (χ4n) is 3.97. The maximum atomic E-state index is 13.3. The van der Waals surface area contributed by atoms with Crippen LogP contribution in [0.5, 0.6) is 0 Å². The van der Waals surface area contributed by atoms with E-state index in [1.165, 1.54) is 37.3 Å². The number of halogens is 7. The zero-order chi connectivity index (χ0) is 31.2. The van der Waals surface area contributed by atoms with Crippen LogP contribution in [-0.2, 0) is 28.8 Å². The minimum Gasteiger partial charge on any atom is -0.450 e. The van der Waals surface area contributed by atoms with Crippen molar-refractivity contribution in [3.63, 3.8) is 0 Å². The number of ketones is 1. The number of benzene rings is 2. The number of alkyl halides is 6. The number of rotatable bonds is 11. The van der Waals surface area contributed by atoms with E-state index in [0.717, 1.165) is 18.2 Å². The number of ether oxygens (including phenoxy) is 1. The van der Waals surface area contributed by atoms with Crippen molar-refractivity contribution in [2.75, 3.05) is 13.2 Å². The van der Waals surface area contributed by atoms with Gasteiger partial charge in [0.05, 0.1) is 18.7 Å². The van der Waals surface area contributed by atoms with Gasteiger partial charge in [-0.25, -0.2) is 14.3 Å². The van der Waals surface area contributed by atoms with Gasteiger partial charge in [0.15, 0.2) is 17.7 Å². The Morgan fingerprint density at radius 3 is 2.36 bits per heavy atom. The van der Waals surface area contributed by atoms with Crippen LogP contribution in [0.3, 0.4) is 0 Å². The van der Waals surface area contributed by atoms with Gasteiger partial charge in [0, 0.05) is 29.5 Å². The zero-order valence-electron chi connectivity index (χ0n) is 21.9. The van der Waals surface area contributed by atoms with Crippen LogP contribution in [0.25, 0.3) is 11.4 Å². The lowest BCUT2D eigenvalue weighted by Crippen LogP contribution is -2.37. The molecule has 1 amide bonds. The molecule has 42 heavy (non-hydrogen) atoms. The summed E-state index contributed by atoms with van der Waals surface area (Å²) in [5, 5.41) is 16.3. The number of nitrogens with zero attached hydrogens (tertiary/aromatic N) is 3. The Hall–Kier alpha value is -3.85. The average Bonchev–Trinajstić information content (AvgIpc) is 3.20. The Kier molecular flexibility index (Phi) is 10.4. The minimum absolute atomic E-state index is 0.0174. The van der Waals surface area contributed by atoms with Crippen LogP contribution in [0.2, 0.25) is 5.02 Å². The fourth-order valence-corrected chi connectivity index (χ4v) is 4.10. The van der Waals surface area contributed by atoms with E-state index in [-0.39, 0.29) is 35.1 Å². The SMILES string of the molecule is CCOC(=O)NCC(CC(=O)Cn1nc(-c2ccc(Cl)cc2)n(C[C@H](O)C(F)(F)F)c1=O)c1cccc(C(F)(F)F)c1. The molecule has 1 aromatic heterocycles. The molecule has 0 saturated heterocycles. The Morgan fingerprint density at radius 1 is 1.10 bits per heavy atom. The Balaban J connectivity index is 1.93.